The molecule has 3 aromatic rings. The molecule has 8 nitrogen and oxygen atoms in total. The summed E-state index contributed by atoms with van der Waals surface area (Å²) in [7, 11) is 0. The molecular weight excluding hydrogens is 565 g/mol. The SMILES string of the molecule is CC(C)NC(=O)c1cc(Cl)cc(Br)c1NC(=O)c1cc(OC2CSC2)nn1-c1ncccc1Cl. The second-order valence-corrected chi connectivity index (χ2v) is 10.5. The number of ether oxygens (including phenoxy) is 1. The van der Waals surface area contributed by atoms with E-state index in [0.29, 0.717) is 14.5 Å². The van der Waals surface area contributed by atoms with Crippen molar-refractivity contribution in [1.29, 1.82) is 0 Å². The second-order valence-electron chi connectivity index (χ2n) is 7.76. The van der Waals surface area contributed by atoms with Crippen molar-refractivity contribution in [3.63, 3.8) is 0 Å². The quantitative estimate of drug-likeness (QED) is 0.395. The molecule has 0 saturated carbocycles. The molecule has 1 aromatic carbocycles. The summed E-state index contributed by atoms with van der Waals surface area (Å²) in [6.45, 7) is 3.68. The third-order valence-electron chi connectivity index (χ3n) is 4.71. The van der Waals surface area contributed by atoms with Gasteiger partial charge < -0.3 is 15.4 Å². The van der Waals surface area contributed by atoms with E-state index in [-0.39, 0.29) is 46.7 Å². The molecular formula is C22H20BrCl2N5O3S. The van der Waals surface area contributed by atoms with Gasteiger partial charge in [0.05, 0.1) is 16.3 Å². The Bertz CT molecular complexity index is 1250. The van der Waals surface area contributed by atoms with Gasteiger partial charge in [0.25, 0.3) is 11.8 Å². The van der Waals surface area contributed by atoms with Gasteiger partial charge in [-0.1, -0.05) is 23.2 Å². The standard InChI is InChI=1S/C22H20BrCl2N5O3S/c1-11(2)27-21(31)14-6-12(24)7-15(23)19(14)28-22(32)17-8-18(33-13-9-34-10-13)29-30(17)20-16(25)4-3-5-26-20/h3-8,11,13H,9-10H2,1-2H3,(H,27,31)(H,28,32). The smallest absolute Gasteiger partial charge is 0.274 e. The fourth-order valence-corrected chi connectivity index (χ4v) is 4.80. The first-order valence-electron chi connectivity index (χ1n) is 10.3. The molecule has 12 heteroatoms. The third-order valence-corrected chi connectivity index (χ3v) is 7.07. The first kappa shape index (κ1) is 24.8. The van der Waals surface area contributed by atoms with Crippen LogP contribution >= 0.6 is 50.9 Å². The number of nitrogens with one attached hydrogen (secondary N) is 2. The van der Waals surface area contributed by atoms with Gasteiger partial charge in [-0.3, -0.25) is 9.59 Å². The molecule has 0 spiro atoms. The summed E-state index contributed by atoms with van der Waals surface area (Å²) in [5.74, 6) is 1.36. The summed E-state index contributed by atoms with van der Waals surface area (Å²) in [5, 5.41) is 10.7. The van der Waals surface area contributed by atoms with Crippen molar-refractivity contribution in [3.8, 4) is 11.7 Å². The Morgan fingerprint density at radius 1 is 1.24 bits per heavy atom. The van der Waals surface area contributed by atoms with E-state index in [9.17, 15) is 9.59 Å². The minimum Gasteiger partial charge on any atom is -0.472 e. The van der Waals surface area contributed by atoms with E-state index in [2.05, 4.69) is 36.6 Å². The van der Waals surface area contributed by atoms with Crippen LogP contribution in [0, 0.1) is 0 Å². The molecule has 0 aliphatic carbocycles. The second kappa shape index (κ2) is 10.6. The van der Waals surface area contributed by atoms with E-state index in [0.717, 1.165) is 11.5 Å². The largest absolute Gasteiger partial charge is 0.472 e. The van der Waals surface area contributed by atoms with Gasteiger partial charge >= 0.3 is 0 Å². The van der Waals surface area contributed by atoms with Gasteiger partial charge in [0, 0.05) is 39.3 Å². The molecule has 1 saturated heterocycles. The van der Waals surface area contributed by atoms with E-state index in [1.54, 1.807) is 36.2 Å². The highest BCUT2D eigenvalue weighted by Crippen LogP contribution is 2.32. The van der Waals surface area contributed by atoms with E-state index >= 15 is 0 Å². The van der Waals surface area contributed by atoms with Crippen LogP contribution in [0.2, 0.25) is 10.0 Å². The van der Waals surface area contributed by atoms with Gasteiger partial charge in [-0.2, -0.15) is 11.8 Å². The van der Waals surface area contributed by atoms with Gasteiger partial charge in [0.15, 0.2) is 5.82 Å². The van der Waals surface area contributed by atoms with Crippen LogP contribution in [0.15, 0.2) is 41.0 Å². The predicted molar refractivity (Wildman–Crippen MR) is 138 cm³/mol. The number of hydrogen-bond acceptors (Lipinski definition) is 6. The van der Waals surface area contributed by atoms with Gasteiger partial charge in [-0.25, -0.2) is 9.67 Å². The van der Waals surface area contributed by atoms with Crippen molar-refractivity contribution >= 4 is 68.4 Å². The van der Waals surface area contributed by atoms with Crippen molar-refractivity contribution in [2.24, 2.45) is 0 Å². The molecule has 178 valence electrons. The molecule has 2 aromatic heterocycles. The number of amides is 2. The monoisotopic (exact) mass is 583 g/mol. The molecule has 4 rings (SSSR count). The zero-order chi connectivity index (χ0) is 24.4. The van der Waals surface area contributed by atoms with Gasteiger partial charge in [-0.05, 0) is 54.0 Å². The highest BCUT2D eigenvalue weighted by atomic mass is 79.9. The molecule has 3 heterocycles. The fourth-order valence-electron chi connectivity index (χ4n) is 3.12. The average molecular weight is 585 g/mol. The van der Waals surface area contributed by atoms with Crippen LogP contribution < -0.4 is 15.4 Å². The normalized spacial score (nSPS) is 13.5. The maximum atomic E-state index is 13.4. The first-order valence-corrected chi connectivity index (χ1v) is 13.0. The van der Waals surface area contributed by atoms with E-state index in [1.165, 1.54) is 16.8 Å². The van der Waals surface area contributed by atoms with Crippen molar-refractivity contribution in [1.82, 2.24) is 20.1 Å². The number of carbonyl (C=O) groups is 2. The number of hydrogen-bond donors (Lipinski definition) is 2. The maximum absolute atomic E-state index is 13.4. The Kier molecular flexibility index (Phi) is 7.71. The van der Waals surface area contributed by atoms with Crippen LogP contribution in [0.1, 0.15) is 34.7 Å². The van der Waals surface area contributed by atoms with Gasteiger partial charge in [-0.15, -0.1) is 5.10 Å². The molecule has 1 aliphatic rings. The number of carbonyl (C=O) groups excluding carboxylic acids is 2. The molecule has 2 N–H and O–H groups in total. The van der Waals surface area contributed by atoms with Crippen molar-refractivity contribution < 1.29 is 14.3 Å². The summed E-state index contributed by atoms with van der Waals surface area (Å²) in [6.07, 6.45) is 1.58. The lowest BCUT2D eigenvalue weighted by Crippen LogP contribution is -2.31. The number of halogens is 3. The lowest BCUT2D eigenvalue weighted by molar-refractivity contribution is 0.0944. The molecule has 1 aliphatic heterocycles. The first-order chi connectivity index (χ1) is 16.2. The maximum Gasteiger partial charge on any atom is 0.274 e. The van der Waals surface area contributed by atoms with Crippen molar-refractivity contribution in [2.45, 2.75) is 26.0 Å². The number of aromatic nitrogens is 3. The third kappa shape index (κ3) is 5.51. The van der Waals surface area contributed by atoms with Crippen LogP contribution in [0.3, 0.4) is 0 Å². The Balaban J connectivity index is 1.72. The molecule has 0 bridgehead atoms. The summed E-state index contributed by atoms with van der Waals surface area (Å²) in [5.41, 5.74) is 0.622. The topological polar surface area (TPSA) is 98.1 Å². The summed E-state index contributed by atoms with van der Waals surface area (Å²) >= 11 is 17.7. The minimum atomic E-state index is -0.534. The molecule has 0 atom stereocenters. The number of thioether (sulfide) groups is 1. The number of anilines is 1. The summed E-state index contributed by atoms with van der Waals surface area (Å²) < 4.78 is 7.66. The van der Waals surface area contributed by atoms with Crippen LogP contribution in [-0.4, -0.2) is 50.2 Å². The number of benzene rings is 1. The fraction of sp³-hybridized carbons (Fsp3) is 0.273. The number of rotatable bonds is 7. The Labute approximate surface area is 218 Å². The van der Waals surface area contributed by atoms with E-state index < -0.39 is 5.91 Å². The van der Waals surface area contributed by atoms with Crippen LogP contribution in [0.4, 0.5) is 5.69 Å². The zero-order valence-corrected chi connectivity index (χ0v) is 22.1. The van der Waals surface area contributed by atoms with Gasteiger partial charge in [0.2, 0.25) is 5.88 Å². The van der Waals surface area contributed by atoms with Gasteiger partial charge in [0.1, 0.15) is 11.8 Å². The Morgan fingerprint density at radius 2 is 2.00 bits per heavy atom. The molecule has 34 heavy (non-hydrogen) atoms. The average Bonchev–Trinajstić information content (AvgIpc) is 3.16. The molecule has 1 fully saturated rings. The number of nitrogens with zero attached hydrogens (tertiary/aromatic N) is 3. The lowest BCUT2D eigenvalue weighted by atomic mass is 10.1. The predicted octanol–water partition coefficient (Wildman–Crippen LogP) is 5.22. The number of pyridine rings is 1. The van der Waals surface area contributed by atoms with Crippen molar-refractivity contribution in [2.75, 3.05) is 16.8 Å². The minimum absolute atomic E-state index is 0.0280. The highest BCUT2D eigenvalue weighted by Gasteiger charge is 2.26. The summed E-state index contributed by atoms with van der Waals surface area (Å²) in [4.78, 5) is 30.5. The molecule has 0 radical (unpaired) electrons. The highest BCUT2D eigenvalue weighted by molar-refractivity contribution is 9.10. The van der Waals surface area contributed by atoms with Crippen LogP contribution in [-0.2, 0) is 0 Å². The Morgan fingerprint density at radius 3 is 2.65 bits per heavy atom. The van der Waals surface area contributed by atoms with Crippen LogP contribution in [0.5, 0.6) is 5.88 Å². The molecule has 0 unspecified atom stereocenters. The zero-order valence-electron chi connectivity index (χ0n) is 18.1. The van der Waals surface area contributed by atoms with E-state index in [4.69, 9.17) is 27.9 Å². The van der Waals surface area contributed by atoms with Crippen LogP contribution in [0.25, 0.3) is 5.82 Å². The van der Waals surface area contributed by atoms with E-state index in [1.807, 2.05) is 13.8 Å². The summed E-state index contributed by atoms with van der Waals surface area (Å²) in [6, 6.07) is 7.85. The Hall–Kier alpha value is -2.27. The lowest BCUT2D eigenvalue weighted by Gasteiger charge is -2.24. The molecule has 2 amide bonds. The van der Waals surface area contributed by atoms with Crippen molar-refractivity contribution in [3.05, 3.63) is 62.3 Å².